The summed E-state index contributed by atoms with van der Waals surface area (Å²) < 4.78 is 13.5. The molecule has 1 unspecified atom stereocenters. The van der Waals surface area contributed by atoms with Crippen LogP contribution >= 0.6 is 11.5 Å². The van der Waals surface area contributed by atoms with Crippen LogP contribution in [0.15, 0.2) is 57.1 Å². The van der Waals surface area contributed by atoms with E-state index >= 15 is 0 Å². The van der Waals surface area contributed by atoms with Crippen molar-refractivity contribution in [3.05, 3.63) is 67.6 Å². The topological polar surface area (TPSA) is 62.5 Å². The second-order valence-corrected chi connectivity index (χ2v) is 6.56. The molecule has 0 aromatic carbocycles. The standard InChI is InChI=1S/C16H16N2O4S/c19-15-17(9-11-4-2-1-3-5-11)16(20)23-18(15)12-6-7-13-14(8-12)22-10-21-13/h2,4-7,12H,1,3,8-10H2. The number of rotatable bonds is 3. The number of aromatic nitrogens is 2. The Morgan fingerprint density at radius 2 is 2.13 bits per heavy atom. The van der Waals surface area contributed by atoms with Gasteiger partial charge in [0.2, 0.25) is 6.79 Å². The molecule has 0 amide bonds. The Morgan fingerprint density at radius 1 is 1.22 bits per heavy atom. The van der Waals surface area contributed by atoms with Gasteiger partial charge in [-0.25, -0.2) is 13.3 Å². The van der Waals surface area contributed by atoms with Gasteiger partial charge in [0.15, 0.2) is 5.76 Å². The zero-order valence-corrected chi connectivity index (χ0v) is 13.3. The van der Waals surface area contributed by atoms with Crippen molar-refractivity contribution in [3.63, 3.8) is 0 Å². The van der Waals surface area contributed by atoms with Crippen molar-refractivity contribution in [3.8, 4) is 0 Å². The molecule has 0 fully saturated rings. The fourth-order valence-electron chi connectivity index (χ4n) is 2.91. The van der Waals surface area contributed by atoms with Crippen LogP contribution in [0.5, 0.6) is 0 Å². The number of nitrogens with zero attached hydrogens (tertiary/aromatic N) is 2. The normalized spacial score (nSPS) is 22.6. The molecule has 0 N–H and O–H groups in total. The van der Waals surface area contributed by atoms with E-state index in [0.717, 1.165) is 41.5 Å². The Hall–Kier alpha value is -2.28. The lowest BCUT2D eigenvalue weighted by molar-refractivity contribution is 0.0720. The van der Waals surface area contributed by atoms with Gasteiger partial charge in [-0.2, -0.15) is 0 Å². The highest BCUT2D eigenvalue weighted by Crippen LogP contribution is 2.31. The number of hydrogen-bond acceptors (Lipinski definition) is 5. The first-order valence-electron chi connectivity index (χ1n) is 7.57. The molecule has 1 aromatic heterocycles. The maximum atomic E-state index is 12.6. The fraction of sp³-hybridized carbons (Fsp3) is 0.375. The van der Waals surface area contributed by atoms with Crippen LogP contribution in [0.25, 0.3) is 0 Å². The van der Waals surface area contributed by atoms with Gasteiger partial charge in [-0.05, 0) is 24.5 Å². The SMILES string of the molecule is O=c1sn(C2C=CC3=C(C2)OCO3)c(=O)n1CC1=CCCC=C1. The van der Waals surface area contributed by atoms with Crippen LogP contribution in [0.3, 0.4) is 0 Å². The van der Waals surface area contributed by atoms with Crippen molar-refractivity contribution in [1.82, 2.24) is 8.52 Å². The smallest absolute Gasteiger partial charge is 0.342 e. The number of ether oxygens (including phenoxy) is 2. The van der Waals surface area contributed by atoms with Crippen LogP contribution < -0.4 is 10.6 Å². The summed E-state index contributed by atoms with van der Waals surface area (Å²) in [5, 5.41) is 0. The molecule has 0 saturated heterocycles. The Morgan fingerprint density at radius 3 is 2.96 bits per heavy atom. The van der Waals surface area contributed by atoms with E-state index in [-0.39, 0.29) is 23.4 Å². The third-order valence-corrected chi connectivity index (χ3v) is 5.12. The van der Waals surface area contributed by atoms with Crippen molar-refractivity contribution in [2.75, 3.05) is 6.79 Å². The van der Waals surface area contributed by atoms with E-state index in [0.29, 0.717) is 13.0 Å². The number of allylic oxidation sites excluding steroid dienone is 7. The molecule has 1 atom stereocenters. The molecular formula is C16H16N2O4S. The van der Waals surface area contributed by atoms with E-state index in [4.69, 9.17) is 9.47 Å². The lowest BCUT2D eigenvalue weighted by Gasteiger charge is -2.15. The van der Waals surface area contributed by atoms with Gasteiger partial charge in [-0.1, -0.05) is 24.3 Å². The highest BCUT2D eigenvalue weighted by molar-refractivity contribution is 7.03. The van der Waals surface area contributed by atoms with E-state index in [1.54, 1.807) is 0 Å². The predicted octanol–water partition coefficient (Wildman–Crippen LogP) is 2.06. The van der Waals surface area contributed by atoms with Gasteiger partial charge in [-0.15, -0.1) is 0 Å². The monoisotopic (exact) mass is 332 g/mol. The fourth-order valence-corrected chi connectivity index (χ4v) is 3.78. The van der Waals surface area contributed by atoms with Gasteiger partial charge in [0, 0.05) is 18.0 Å². The third-order valence-electron chi connectivity index (χ3n) is 4.12. The minimum absolute atomic E-state index is 0.197. The Bertz CT molecular complexity index is 865. The van der Waals surface area contributed by atoms with Gasteiger partial charge in [0.05, 0.1) is 12.6 Å². The van der Waals surface area contributed by atoms with E-state index in [1.807, 2.05) is 18.2 Å². The zero-order chi connectivity index (χ0) is 15.8. The van der Waals surface area contributed by atoms with Crippen molar-refractivity contribution >= 4 is 11.5 Å². The van der Waals surface area contributed by atoms with Crippen LogP contribution in [0, 0.1) is 0 Å². The summed E-state index contributed by atoms with van der Waals surface area (Å²) >= 11 is 0.960. The van der Waals surface area contributed by atoms with Crippen LogP contribution in [0.2, 0.25) is 0 Å². The summed E-state index contributed by atoms with van der Waals surface area (Å²) in [4.78, 5) is 24.6. The van der Waals surface area contributed by atoms with Crippen LogP contribution in [0.1, 0.15) is 25.3 Å². The Labute approximate surface area is 136 Å². The Kier molecular flexibility index (Phi) is 3.57. The van der Waals surface area contributed by atoms with Crippen molar-refractivity contribution in [2.45, 2.75) is 31.8 Å². The first-order chi connectivity index (χ1) is 11.2. The highest BCUT2D eigenvalue weighted by Gasteiger charge is 2.26. The molecule has 6 nitrogen and oxygen atoms in total. The van der Waals surface area contributed by atoms with Gasteiger partial charge in [0.1, 0.15) is 5.76 Å². The molecule has 1 aliphatic heterocycles. The van der Waals surface area contributed by atoms with Crippen molar-refractivity contribution in [1.29, 1.82) is 0 Å². The quantitative estimate of drug-likeness (QED) is 0.850. The van der Waals surface area contributed by atoms with Crippen molar-refractivity contribution in [2.24, 2.45) is 0 Å². The van der Waals surface area contributed by atoms with E-state index in [9.17, 15) is 9.59 Å². The Balaban J connectivity index is 1.62. The third kappa shape index (κ3) is 2.61. The molecular weight excluding hydrogens is 316 g/mol. The van der Waals surface area contributed by atoms with Gasteiger partial charge in [0.25, 0.3) is 0 Å². The average molecular weight is 332 g/mol. The lowest BCUT2D eigenvalue weighted by atomic mass is 10.1. The van der Waals surface area contributed by atoms with Gasteiger partial charge in [-0.3, -0.25) is 4.79 Å². The molecule has 120 valence electrons. The molecule has 0 radical (unpaired) electrons. The molecule has 2 heterocycles. The van der Waals surface area contributed by atoms with E-state index in [1.165, 1.54) is 8.52 Å². The highest BCUT2D eigenvalue weighted by atomic mass is 32.1. The number of hydrogen-bond donors (Lipinski definition) is 0. The molecule has 23 heavy (non-hydrogen) atoms. The largest absolute Gasteiger partial charge is 0.458 e. The second-order valence-electron chi connectivity index (χ2n) is 5.64. The maximum absolute atomic E-state index is 12.6. The first kappa shape index (κ1) is 14.3. The molecule has 4 rings (SSSR count). The van der Waals surface area contributed by atoms with Gasteiger partial charge >= 0.3 is 10.6 Å². The van der Waals surface area contributed by atoms with Gasteiger partial charge < -0.3 is 9.47 Å². The molecule has 0 spiro atoms. The molecule has 2 aliphatic carbocycles. The molecule has 1 aromatic rings. The zero-order valence-electron chi connectivity index (χ0n) is 12.4. The summed E-state index contributed by atoms with van der Waals surface area (Å²) in [6, 6.07) is -0.197. The minimum Gasteiger partial charge on any atom is -0.458 e. The summed E-state index contributed by atoms with van der Waals surface area (Å²) in [6.07, 6.45) is 12.3. The van der Waals surface area contributed by atoms with Crippen molar-refractivity contribution < 1.29 is 9.47 Å². The minimum atomic E-state index is -0.266. The summed E-state index contributed by atoms with van der Waals surface area (Å²) in [5.74, 6) is 1.47. The second kappa shape index (κ2) is 5.73. The summed E-state index contributed by atoms with van der Waals surface area (Å²) in [6.45, 7) is 0.552. The summed E-state index contributed by atoms with van der Waals surface area (Å²) in [5.41, 5.74) is 0.745. The van der Waals surface area contributed by atoms with E-state index in [2.05, 4.69) is 12.2 Å². The predicted molar refractivity (Wildman–Crippen MR) is 86.2 cm³/mol. The molecule has 0 bridgehead atoms. The van der Waals surface area contributed by atoms with Crippen LogP contribution in [-0.4, -0.2) is 15.3 Å². The molecule has 3 aliphatic rings. The van der Waals surface area contributed by atoms with Crippen LogP contribution in [0.4, 0.5) is 0 Å². The maximum Gasteiger partial charge on any atom is 0.342 e. The average Bonchev–Trinajstić information content (AvgIpc) is 3.15. The molecule has 7 heteroatoms. The first-order valence-corrected chi connectivity index (χ1v) is 8.35. The summed E-state index contributed by atoms with van der Waals surface area (Å²) in [7, 11) is 0. The van der Waals surface area contributed by atoms with Crippen LogP contribution in [-0.2, 0) is 16.0 Å². The molecule has 0 saturated carbocycles. The lowest BCUT2D eigenvalue weighted by Crippen LogP contribution is -2.31. The van der Waals surface area contributed by atoms with E-state index < -0.39 is 0 Å².